The fourth-order valence-electron chi connectivity index (χ4n) is 1.03. The molecule has 0 aliphatic carbocycles. The summed E-state index contributed by atoms with van der Waals surface area (Å²) in [7, 11) is 0. The number of carbonyl (C=O) groups is 1. The SMILES string of the molecule is CCCNC(=O)c1ccnc(C)c1. The van der Waals surface area contributed by atoms with Gasteiger partial charge in [-0.1, -0.05) is 6.92 Å². The zero-order valence-electron chi connectivity index (χ0n) is 8.00. The van der Waals surface area contributed by atoms with E-state index in [0.717, 1.165) is 18.7 Å². The lowest BCUT2D eigenvalue weighted by molar-refractivity contribution is 0.0953. The third kappa shape index (κ3) is 2.86. The van der Waals surface area contributed by atoms with Crippen molar-refractivity contribution in [2.24, 2.45) is 0 Å². The number of pyridine rings is 1. The first-order valence-corrected chi connectivity index (χ1v) is 4.45. The molecule has 0 unspecified atom stereocenters. The molecule has 1 amide bonds. The van der Waals surface area contributed by atoms with Crippen LogP contribution in [0.4, 0.5) is 0 Å². The van der Waals surface area contributed by atoms with Crippen LogP contribution in [0.15, 0.2) is 18.3 Å². The van der Waals surface area contributed by atoms with Crippen molar-refractivity contribution in [2.45, 2.75) is 20.3 Å². The lowest BCUT2D eigenvalue weighted by Gasteiger charge is -2.03. The zero-order chi connectivity index (χ0) is 9.68. The van der Waals surface area contributed by atoms with Gasteiger partial charge in [0.05, 0.1) is 0 Å². The molecule has 1 heterocycles. The van der Waals surface area contributed by atoms with E-state index in [-0.39, 0.29) is 5.91 Å². The molecule has 0 atom stereocenters. The summed E-state index contributed by atoms with van der Waals surface area (Å²) in [6.07, 6.45) is 2.60. The van der Waals surface area contributed by atoms with Crippen molar-refractivity contribution in [1.82, 2.24) is 10.3 Å². The van der Waals surface area contributed by atoms with Gasteiger partial charge in [0.1, 0.15) is 0 Å². The van der Waals surface area contributed by atoms with Gasteiger partial charge in [0.2, 0.25) is 0 Å². The first-order valence-electron chi connectivity index (χ1n) is 4.45. The number of nitrogens with one attached hydrogen (secondary N) is 1. The summed E-state index contributed by atoms with van der Waals surface area (Å²) < 4.78 is 0. The summed E-state index contributed by atoms with van der Waals surface area (Å²) in [6, 6.07) is 3.50. The van der Waals surface area contributed by atoms with Crippen LogP contribution in [-0.2, 0) is 0 Å². The zero-order valence-corrected chi connectivity index (χ0v) is 8.00. The van der Waals surface area contributed by atoms with Crippen LogP contribution in [0.3, 0.4) is 0 Å². The van der Waals surface area contributed by atoms with Crippen LogP contribution in [-0.4, -0.2) is 17.4 Å². The van der Waals surface area contributed by atoms with E-state index in [1.165, 1.54) is 0 Å². The van der Waals surface area contributed by atoms with E-state index in [9.17, 15) is 4.79 Å². The van der Waals surface area contributed by atoms with Gasteiger partial charge in [0.15, 0.2) is 0 Å². The van der Waals surface area contributed by atoms with Crippen LogP contribution in [0.2, 0.25) is 0 Å². The van der Waals surface area contributed by atoms with Gasteiger partial charge in [-0.2, -0.15) is 0 Å². The number of hydrogen-bond acceptors (Lipinski definition) is 2. The molecule has 0 aliphatic heterocycles. The number of nitrogens with zero attached hydrogens (tertiary/aromatic N) is 1. The van der Waals surface area contributed by atoms with Crippen molar-refractivity contribution < 1.29 is 4.79 Å². The normalized spacial score (nSPS) is 9.69. The predicted molar refractivity (Wildman–Crippen MR) is 51.6 cm³/mol. The molecule has 13 heavy (non-hydrogen) atoms. The van der Waals surface area contributed by atoms with Crippen molar-refractivity contribution in [2.75, 3.05) is 6.54 Å². The van der Waals surface area contributed by atoms with Gasteiger partial charge in [-0.3, -0.25) is 9.78 Å². The fraction of sp³-hybridized carbons (Fsp3) is 0.400. The lowest BCUT2D eigenvalue weighted by Crippen LogP contribution is -2.23. The third-order valence-electron chi connectivity index (χ3n) is 1.69. The number of aryl methyl sites for hydroxylation is 1. The van der Waals surface area contributed by atoms with Crippen LogP contribution in [0, 0.1) is 6.92 Å². The second-order valence-corrected chi connectivity index (χ2v) is 2.94. The molecular formula is C10H14N2O. The summed E-state index contributed by atoms with van der Waals surface area (Å²) in [5, 5.41) is 2.81. The first kappa shape index (κ1) is 9.71. The quantitative estimate of drug-likeness (QED) is 0.762. The van der Waals surface area contributed by atoms with Gasteiger partial charge in [-0.15, -0.1) is 0 Å². The van der Waals surface area contributed by atoms with Crippen LogP contribution in [0.5, 0.6) is 0 Å². The summed E-state index contributed by atoms with van der Waals surface area (Å²) in [5.74, 6) is -0.0210. The van der Waals surface area contributed by atoms with Gasteiger partial charge in [-0.25, -0.2) is 0 Å². The highest BCUT2D eigenvalue weighted by molar-refractivity contribution is 5.94. The molecule has 0 aliphatic rings. The van der Waals surface area contributed by atoms with Crippen LogP contribution in [0.1, 0.15) is 29.4 Å². The first-order chi connectivity index (χ1) is 6.24. The maximum atomic E-state index is 11.4. The Balaban J connectivity index is 2.66. The predicted octanol–water partition coefficient (Wildman–Crippen LogP) is 1.53. The van der Waals surface area contributed by atoms with E-state index in [2.05, 4.69) is 10.3 Å². The molecule has 1 N–H and O–H groups in total. The number of aromatic nitrogens is 1. The van der Waals surface area contributed by atoms with Crippen molar-refractivity contribution in [3.05, 3.63) is 29.6 Å². The van der Waals surface area contributed by atoms with Crippen molar-refractivity contribution in [3.63, 3.8) is 0 Å². The Bertz CT molecular complexity index is 297. The van der Waals surface area contributed by atoms with Gasteiger partial charge in [-0.05, 0) is 25.5 Å². The van der Waals surface area contributed by atoms with E-state index < -0.39 is 0 Å². The molecule has 0 spiro atoms. The average molecular weight is 178 g/mol. The van der Waals surface area contributed by atoms with Crippen LogP contribution in [0.25, 0.3) is 0 Å². The lowest BCUT2D eigenvalue weighted by atomic mass is 10.2. The van der Waals surface area contributed by atoms with Crippen LogP contribution >= 0.6 is 0 Å². The molecule has 0 radical (unpaired) electrons. The molecule has 3 heteroatoms. The molecule has 0 bridgehead atoms. The van der Waals surface area contributed by atoms with E-state index in [0.29, 0.717) is 5.56 Å². The maximum Gasteiger partial charge on any atom is 0.251 e. The number of carbonyl (C=O) groups excluding carboxylic acids is 1. The molecule has 1 rings (SSSR count). The number of hydrogen-bond donors (Lipinski definition) is 1. The minimum absolute atomic E-state index is 0.0210. The van der Waals surface area contributed by atoms with Gasteiger partial charge < -0.3 is 5.32 Å². The highest BCUT2D eigenvalue weighted by Gasteiger charge is 2.03. The third-order valence-corrected chi connectivity index (χ3v) is 1.69. The minimum Gasteiger partial charge on any atom is -0.352 e. The molecule has 1 aromatic heterocycles. The summed E-state index contributed by atoms with van der Waals surface area (Å²) in [4.78, 5) is 15.4. The minimum atomic E-state index is -0.0210. The van der Waals surface area contributed by atoms with Gasteiger partial charge in [0, 0.05) is 24.0 Å². The average Bonchev–Trinajstić information content (AvgIpc) is 2.14. The maximum absolute atomic E-state index is 11.4. The Labute approximate surface area is 78.2 Å². The van der Waals surface area contributed by atoms with E-state index in [4.69, 9.17) is 0 Å². The Morgan fingerprint density at radius 3 is 3.00 bits per heavy atom. The topological polar surface area (TPSA) is 42.0 Å². The van der Waals surface area contributed by atoms with E-state index in [1.54, 1.807) is 18.3 Å². The number of rotatable bonds is 3. The van der Waals surface area contributed by atoms with E-state index in [1.807, 2.05) is 13.8 Å². The Hall–Kier alpha value is -1.38. The molecule has 70 valence electrons. The standard InChI is InChI=1S/C10H14N2O/c1-3-5-12-10(13)9-4-6-11-8(2)7-9/h4,6-7H,3,5H2,1-2H3,(H,12,13). The largest absolute Gasteiger partial charge is 0.352 e. The second kappa shape index (κ2) is 4.60. The molecule has 0 aromatic carbocycles. The molecule has 0 fully saturated rings. The van der Waals surface area contributed by atoms with Crippen molar-refractivity contribution in [3.8, 4) is 0 Å². The number of amides is 1. The molecule has 0 saturated heterocycles. The fourth-order valence-corrected chi connectivity index (χ4v) is 1.03. The smallest absolute Gasteiger partial charge is 0.251 e. The summed E-state index contributed by atoms with van der Waals surface area (Å²) in [6.45, 7) is 4.62. The molecule has 0 saturated carbocycles. The summed E-state index contributed by atoms with van der Waals surface area (Å²) >= 11 is 0. The Kier molecular flexibility index (Phi) is 3.43. The van der Waals surface area contributed by atoms with Crippen molar-refractivity contribution in [1.29, 1.82) is 0 Å². The highest BCUT2D eigenvalue weighted by Crippen LogP contribution is 1.99. The van der Waals surface area contributed by atoms with Crippen molar-refractivity contribution >= 4 is 5.91 Å². The molecule has 1 aromatic rings. The highest BCUT2D eigenvalue weighted by atomic mass is 16.1. The van der Waals surface area contributed by atoms with Gasteiger partial charge >= 0.3 is 0 Å². The molecular weight excluding hydrogens is 164 g/mol. The Morgan fingerprint density at radius 2 is 2.38 bits per heavy atom. The molecule has 3 nitrogen and oxygen atoms in total. The van der Waals surface area contributed by atoms with E-state index >= 15 is 0 Å². The Morgan fingerprint density at radius 1 is 1.62 bits per heavy atom. The second-order valence-electron chi connectivity index (χ2n) is 2.94. The monoisotopic (exact) mass is 178 g/mol. The van der Waals surface area contributed by atoms with Crippen LogP contribution < -0.4 is 5.32 Å². The summed E-state index contributed by atoms with van der Waals surface area (Å²) in [5.41, 5.74) is 1.55. The van der Waals surface area contributed by atoms with Gasteiger partial charge in [0.25, 0.3) is 5.91 Å².